The Kier molecular flexibility index (Phi) is 7.18. The zero-order valence-corrected chi connectivity index (χ0v) is 17.9. The number of ether oxygens (including phenoxy) is 1. The second-order valence-electron chi connectivity index (χ2n) is 7.54. The molecular weight excluding hydrogens is 390 g/mol. The SMILES string of the molecule is CN=C(NCc1ccccc1OCc1ccccc1)N1CCN(Cc2ccon2)CC1. The zero-order valence-electron chi connectivity index (χ0n) is 17.9. The molecule has 7 nitrogen and oxygen atoms in total. The van der Waals surface area contributed by atoms with Gasteiger partial charge in [0.05, 0.1) is 5.69 Å². The van der Waals surface area contributed by atoms with Gasteiger partial charge in [-0.2, -0.15) is 0 Å². The maximum Gasteiger partial charge on any atom is 0.194 e. The molecule has 1 aliphatic rings. The predicted octanol–water partition coefficient (Wildman–Crippen LogP) is 3.15. The monoisotopic (exact) mass is 419 g/mol. The fraction of sp³-hybridized carbons (Fsp3) is 0.333. The number of piperazine rings is 1. The molecule has 0 unspecified atom stereocenters. The number of aromatic nitrogens is 1. The van der Waals surface area contributed by atoms with Crippen LogP contribution in [0, 0.1) is 0 Å². The molecule has 0 saturated carbocycles. The van der Waals surface area contributed by atoms with Gasteiger partial charge in [0, 0.05) is 57.9 Å². The highest BCUT2D eigenvalue weighted by atomic mass is 16.5. The van der Waals surface area contributed by atoms with Gasteiger partial charge in [-0.15, -0.1) is 0 Å². The minimum absolute atomic E-state index is 0.556. The predicted molar refractivity (Wildman–Crippen MR) is 121 cm³/mol. The number of para-hydroxylation sites is 1. The minimum atomic E-state index is 0.556. The van der Waals surface area contributed by atoms with Gasteiger partial charge in [0.15, 0.2) is 5.96 Å². The summed E-state index contributed by atoms with van der Waals surface area (Å²) in [6, 6.07) is 20.3. The topological polar surface area (TPSA) is 66.1 Å². The summed E-state index contributed by atoms with van der Waals surface area (Å²) in [5.41, 5.74) is 3.25. The number of benzene rings is 2. The first-order valence-corrected chi connectivity index (χ1v) is 10.6. The van der Waals surface area contributed by atoms with Crippen molar-refractivity contribution in [2.45, 2.75) is 19.7 Å². The van der Waals surface area contributed by atoms with Crippen LogP contribution < -0.4 is 10.1 Å². The van der Waals surface area contributed by atoms with Crippen LogP contribution in [0.25, 0.3) is 0 Å². The molecule has 7 heteroatoms. The van der Waals surface area contributed by atoms with Gasteiger partial charge in [-0.05, 0) is 11.6 Å². The molecule has 1 saturated heterocycles. The molecule has 1 N–H and O–H groups in total. The lowest BCUT2D eigenvalue weighted by Crippen LogP contribution is -2.52. The van der Waals surface area contributed by atoms with Gasteiger partial charge in [0.25, 0.3) is 0 Å². The third kappa shape index (κ3) is 5.86. The normalized spacial score (nSPS) is 15.1. The van der Waals surface area contributed by atoms with Gasteiger partial charge < -0.3 is 19.5 Å². The molecule has 1 aromatic heterocycles. The van der Waals surface area contributed by atoms with Crippen LogP contribution in [-0.4, -0.2) is 54.1 Å². The van der Waals surface area contributed by atoms with E-state index in [4.69, 9.17) is 9.26 Å². The van der Waals surface area contributed by atoms with Gasteiger partial charge in [0.2, 0.25) is 0 Å². The van der Waals surface area contributed by atoms with Gasteiger partial charge in [0.1, 0.15) is 18.6 Å². The highest BCUT2D eigenvalue weighted by Gasteiger charge is 2.20. The number of hydrogen-bond acceptors (Lipinski definition) is 5. The Morgan fingerprint density at radius 3 is 2.55 bits per heavy atom. The standard InChI is InChI=1S/C24H29N5O2/c1-25-24(29-14-12-28(13-15-29)18-22-11-16-31-27-22)26-17-21-9-5-6-10-23(21)30-19-20-7-3-2-4-8-20/h2-11,16H,12-15,17-19H2,1H3,(H,25,26). The molecule has 0 aliphatic carbocycles. The molecule has 2 heterocycles. The summed E-state index contributed by atoms with van der Waals surface area (Å²) in [5.74, 6) is 1.81. The first kappa shape index (κ1) is 20.9. The van der Waals surface area contributed by atoms with E-state index in [1.54, 1.807) is 6.26 Å². The lowest BCUT2D eigenvalue weighted by atomic mass is 10.2. The number of hydrogen-bond donors (Lipinski definition) is 1. The average Bonchev–Trinajstić information content (AvgIpc) is 3.33. The quantitative estimate of drug-likeness (QED) is 0.469. The molecule has 0 bridgehead atoms. The lowest BCUT2D eigenvalue weighted by molar-refractivity contribution is 0.169. The third-order valence-corrected chi connectivity index (χ3v) is 5.41. The van der Waals surface area contributed by atoms with Crippen molar-refractivity contribution in [1.82, 2.24) is 20.3 Å². The van der Waals surface area contributed by atoms with Gasteiger partial charge in [-0.3, -0.25) is 9.89 Å². The Bertz CT molecular complexity index is 951. The summed E-state index contributed by atoms with van der Waals surface area (Å²) < 4.78 is 11.0. The fourth-order valence-electron chi connectivity index (χ4n) is 3.70. The van der Waals surface area contributed by atoms with Crippen LogP contribution in [0.15, 0.2) is 76.4 Å². The second-order valence-corrected chi connectivity index (χ2v) is 7.54. The van der Waals surface area contributed by atoms with E-state index in [2.05, 4.69) is 43.5 Å². The van der Waals surface area contributed by atoms with Crippen molar-refractivity contribution in [2.24, 2.45) is 4.99 Å². The van der Waals surface area contributed by atoms with Crippen LogP contribution in [0.5, 0.6) is 5.75 Å². The first-order valence-electron chi connectivity index (χ1n) is 10.6. The molecule has 2 aromatic carbocycles. The molecule has 31 heavy (non-hydrogen) atoms. The smallest absolute Gasteiger partial charge is 0.194 e. The third-order valence-electron chi connectivity index (χ3n) is 5.41. The van der Waals surface area contributed by atoms with E-state index < -0.39 is 0 Å². The van der Waals surface area contributed by atoms with Crippen molar-refractivity contribution in [3.05, 3.63) is 83.7 Å². The molecule has 1 fully saturated rings. The Hall–Kier alpha value is -3.32. The Morgan fingerprint density at radius 1 is 1.03 bits per heavy atom. The number of nitrogens with zero attached hydrogens (tertiary/aromatic N) is 4. The summed E-state index contributed by atoms with van der Waals surface area (Å²) in [6.07, 6.45) is 1.62. The van der Waals surface area contributed by atoms with Crippen molar-refractivity contribution < 1.29 is 9.26 Å². The Morgan fingerprint density at radius 2 is 1.81 bits per heavy atom. The average molecular weight is 420 g/mol. The molecule has 0 spiro atoms. The first-order chi connectivity index (χ1) is 15.3. The van der Waals surface area contributed by atoms with Crippen molar-refractivity contribution in [3.63, 3.8) is 0 Å². The van der Waals surface area contributed by atoms with E-state index >= 15 is 0 Å². The van der Waals surface area contributed by atoms with Crippen LogP contribution in [0.4, 0.5) is 0 Å². The number of rotatable bonds is 7. The van der Waals surface area contributed by atoms with E-state index in [1.165, 1.54) is 0 Å². The van der Waals surface area contributed by atoms with Crippen molar-refractivity contribution in [1.29, 1.82) is 0 Å². The zero-order chi connectivity index (χ0) is 21.3. The van der Waals surface area contributed by atoms with Crippen LogP contribution in [0.2, 0.25) is 0 Å². The summed E-state index contributed by atoms with van der Waals surface area (Å²) in [4.78, 5) is 9.18. The van der Waals surface area contributed by atoms with E-state index in [-0.39, 0.29) is 0 Å². The number of aliphatic imine (C=N–C) groups is 1. The van der Waals surface area contributed by atoms with Gasteiger partial charge >= 0.3 is 0 Å². The second kappa shape index (κ2) is 10.6. The van der Waals surface area contributed by atoms with Crippen LogP contribution in [-0.2, 0) is 19.7 Å². The maximum atomic E-state index is 6.08. The maximum absolute atomic E-state index is 6.08. The van der Waals surface area contributed by atoms with E-state index in [9.17, 15) is 0 Å². The van der Waals surface area contributed by atoms with Crippen LogP contribution in [0.3, 0.4) is 0 Å². The molecule has 162 valence electrons. The van der Waals surface area contributed by atoms with Gasteiger partial charge in [-0.25, -0.2) is 0 Å². The molecule has 0 atom stereocenters. The summed E-state index contributed by atoms with van der Waals surface area (Å²) in [5, 5.41) is 7.51. The van der Waals surface area contributed by atoms with Crippen molar-refractivity contribution in [3.8, 4) is 5.75 Å². The highest BCUT2D eigenvalue weighted by Crippen LogP contribution is 2.19. The Balaban J connectivity index is 1.29. The van der Waals surface area contributed by atoms with Crippen LogP contribution >= 0.6 is 0 Å². The molecular formula is C24H29N5O2. The van der Waals surface area contributed by atoms with E-state index in [1.807, 2.05) is 49.5 Å². The lowest BCUT2D eigenvalue weighted by Gasteiger charge is -2.36. The number of guanidine groups is 1. The molecule has 0 amide bonds. The summed E-state index contributed by atoms with van der Waals surface area (Å²) in [6.45, 7) is 5.81. The van der Waals surface area contributed by atoms with Crippen molar-refractivity contribution >= 4 is 5.96 Å². The largest absolute Gasteiger partial charge is 0.489 e. The van der Waals surface area contributed by atoms with E-state index in [0.717, 1.165) is 61.3 Å². The number of nitrogens with one attached hydrogen (secondary N) is 1. The molecule has 3 aromatic rings. The van der Waals surface area contributed by atoms with E-state index in [0.29, 0.717) is 13.2 Å². The Labute approximate surface area is 183 Å². The highest BCUT2D eigenvalue weighted by molar-refractivity contribution is 5.80. The van der Waals surface area contributed by atoms with Gasteiger partial charge in [-0.1, -0.05) is 53.7 Å². The van der Waals surface area contributed by atoms with Crippen molar-refractivity contribution in [2.75, 3.05) is 33.2 Å². The van der Waals surface area contributed by atoms with Crippen LogP contribution in [0.1, 0.15) is 16.8 Å². The fourth-order valence-corrected chi connectivity index (χ4v) is 3.70. The summed E-state index contributed by atoms with van der Waals surface area (Å²) in [7, 11) is 1.84. The molecule has 1 aliphatic heterocycles. The molecule has 0 radical (unpaired) electrons. The minimum Gasteiger partial charge on any atom is -0.489 e. The molecule has 4 rings (SSSR count). The summed E-state index contributed by atoms with van der Waals surface area (Å²) >= 11 is 0.